The van der Waals surface area contributed by atoms with Gasteiger partial charge in [0.25, 0.3) is 0 Å². The lowest BCUT2D eigenvalue weighted by molar-refractivity contribution is 0.304. The Labute approximate surface area is 239 Å². The second-order valence-corrected chi connectivity index (χ2v) is 9.72. The molecule has 1 saturated carbocycles. The van der Waals surface area contributed by atoms with Gasteiger partial charge in [-0.1, -0.05) is 115 Å². The van der Waals surface area contributed by atoms with Crippen molar-refractivity contribution in [2.24, 2.45) is 5.73 Å². The third kappa shape index (κ3) is 19.1. The van der Waals surface area contributed by atoms with Gasteiger partial charge < -0.3 is 15.8 Å². The summed E-state index contributed by atoms with van der Waals surface area (Å²) in [7, 11) is 2.07. The van der Waals surface area contributed by atoms with Gasteiger partial charge in [0.15, 0.2) is 0 Å². The predicted octanol–water partition coefficient (Wildman–Crippen LogP) is 9.44. The van der Waals surface area contributed by atoms with Crippen molar-refractivity contribution < 1.29 is 9.13 Å². The molecule has 218 valence electrons. The molecule has 4 heteroatoms. The molecule has 0 spiro atoms. The van der Waals surface area contributed by atoms with Crippen molar-refractivity contribution in [3.05, 3.63) is 101 Å². The number of nitrogens with one attached hydrogen (secondary N) is 1. The summed E-state index contributed by atoms with van der Waals surface area (Å²) < 4.78 is 18.6. The fraction of sp³-hybridized carbons (Fsp3) is 0.486. The van der Waals surface area contributed by atoms with Gasteiger partial charge in [0.05, 0.1) is 0 Å². The zero-order valence-electron chi connectivity index (χ0n) is 25.7. The van der Waals surface area contributed by atoms with E-state index in [2.05, 4.69) is 57.4 Å². The molecular formula is C35H55FN2O. The molecule has 1 fully saturated rings. The molecule has 0 aliphatic heterocycles. The van der Waals surface area contributed by atoms with Crippen LogP contribution in [-0.4, -0.2) is 19.6 Å². The lowest BCUT2D eigenvalue weighted by Crippen LogP contribution is -2.26. The predicted molar refractivity (Wildman–Crippen MR) is 169 cm³/mol. The molecular weight excluding hydrogens is 483 g/mol. The maximum Gasteiger partial charge on any atom is 0.127 e. The van der Waals surface area contributed by atoms with Crippen molar-refractivity contribution >= 4 is 0 Å². The van der Waals surface area contributed by atoms with Crippen molar-refractivity contribution in [3.63, 3.8) is 0 Å². The summed E-state index contributed by atoms with van der Waals surface area (Å²) in [4.78, 5) is 0. The van der Waals surface area contributed by atoms with Gasteiger partial charge >= 0.3 is 0 Å². The minimum atomic E-state index is -0.261. The highest BCUT2D eigenvalue weighted by Gasteiger charge is 2.09. The van der Waals surface area contributed by atoms with Crippen LogP contribution in [0.3, 0.4) is 0 Å². The standard InChI is InChI=1S/C14H13FO.C9H12.C7H15N.C3H9N.C2H6/c1-11-7-13(15)9-14(8-11)16-10-12-5-3-2-4-6-12;1-8(2)9-6-4-3-5-7-9;1-8-7-5-3-2-4-6-7;1-2-3-4;1-2/h2-9H,10H2,1H3;3-8H,1-2H3;7-8H,2-6H2,1H3;2-4H2,1H3;1-2H3. The lowest BCUT2D eigenvalue weighted by atomic mass is 9.96. The zero-order valence-corrected chi connectivity index (χ0v) is 25.7. The van der Waals surface area contributed by atoms with Gasteiger partial charge in [0, 0.05) is 12.1 Å². The van der Waals surface area contributed by atoms with Gasteiger partial charge in [-0.15, -0.1) is 0 Å². The number of benzene rings is 3. The number of hydrogen-bond acceptors (Lipinski definition) is 3. The number of hydrogen-bond donors (Lipinski definition) is 2. The summed E-state index contributed by atoms with van der Waals surface area (Å²) in [6.07, 6.45) is 8.22. The molecule has 0 unspecified atom stereocenters. The van der Waals surface area contributed by atoms with Crippen molar-refractivity contribution in [1.82, 2.24) is 5.32 Å². The Kier molecular flexibility index (Phi) is 22.7. The molecule has 3 aromatic rings. The number of halogens is 1. The van der Waals surface area contributed by atoms with E-state index in [0.717, 1.165) is 30.1 Å². The molecule has 0 radical (unpaired) electrons. The highest BCUT2D eigenvalue weighted by atomic mass is 19.1. The summed E-state index contributed by atoms with van der Waals surface area (Å²) in [5.74, 6) is 0.968. The van der Waals surface area contributed by atoms with Gasteiger partial charge in [-0.25, -0.2) is 4.39 Å². The zero-order chi connectivity index (χ0) is 29.3. The molecule has 0 atom stereocenters. The molecule has 0 heterocycles. The number of rotatable bonds is 6. The van der Waals surface area contributed by atoms with E-state index in [4.69, 9.17) is 10.5 Å². The van der Waals surface area contributed by atoms with Crippen LogP contribution >= 0.6 is 0 Å². The van der Waals surface area contributed by atoms with Crippen LogP contribution in [0.25, 0.3) is 0 Å². The second kappa shape index (κ2) is 24.4. The SMILES string of the molecule is CC.CC(C)c1ccccc1.CCCN.CNC1CCCCC1.Cc1cc(F)cc(OCc2ccccc2)c1. The third-order valence-electron chi connectivity index (χ3n) is 6.03. The fourth-order valence-corrected chi connectivity index (χ4v) is 3.76. The number of ether oxygens (including phenoxy) is 1. The minimum Gasteiger partial charge on any atom is -0.489 e. The Balaban J connectivity index is 0.000000536. The van der Waals surface area contributed by atoms with Crippen LogP contribution in [0.1, 0.15) is 95.8 Å². The van der Waals surface area contributed by atoms with Gasteiger partial charge in [-0.3, -0.25) is 0 Å². The molecule has 3 aromatic carbocycles. The highest BCUT2D eigenvalue weighted by molar-refractivity contribution is 5.29. The Morgan fingerprint density at radius 3 is 1.85 bits per heavy atom. The van der Waals surface area contributed by atoms with Crippen LogP contribution in [-0.2, 0) is 6.61 Å². The molecule has 0 bridgehead atoms. The van der Waals surface area contributed by atoms with E-state index in [0.29, 0.717) is 18.3 Å². The normalized spacial score (nSPS) is 12.3. The Bertz CT molecular complexity index is 904. The lowest BCUT2D eigenvalue weighted by Gasteiger charge is -2.20. The van der Waals surface area contributed by atoms with Crippen LogP contribution in [0.5, 0.6) is 5.75 Å². The summed E-state index contributed by atoms with van der Waals surface area (Å²) in [5, 5.41) is 3.30. The average molecular weight is 539 g/mol. The first kappa shape index (κ1) is 36.3. The van der Waals surface area contributed by atoms with E-state index in [-0.39, 0.29) is 5.82 Å². The molecule has 0 saturated heterocycles. The van der Waals surface area contributed by atoms with Crippen LogP contribution in [0.2, 0.25) is 0 Å². The first-order valence-corrected chi connectivity index (χ1v) is 14.8. The summed E-state index contributed by atoms with van der Waals surface area (Å²) in [6, 6.07) is 25.9. The maximum atomic E-state index is 13.1. The van der Waals surface area contributed by atoms with Crippen molar-refractivity contribution in [3.8, 4) is 5.75 Å². The Hall–Kier alpha value is -2.69. The van der Waals surface area contributed by atoms with Crippen molar-refractivity contribution in [2.75, 3.05) is 13.6 Å². The largest absolute Gasteiger partial charge is 0.489 e. The van der Waals surface area contributed by atoms with Crippen LogP contribution < -0.4 is 15.8 Å². The topological polar surface area (TPSA) is 47.3 Å². The quantitative estimate of drug-likeness (QED) is 0.328. The fourth-order valence-electron chi connectivity index (χ4n) is 3.76. The number of nitrogens with two attached hydrogens (primary N) is 1. The molecule has 3 nitrogen and oxygen atoms in total. The van der Waals surface area contributed by atoms with E-state index in [1.807, 2.05) is 63.2 Å². The molecule has 1 aliphatic rings. The van der Waals surface area contributed by atoms with Gasteiger partial charge in [0.1, 0.15) is 18.2 Å². The maximum absolute atomic E-state index is 13.1. The molecule has 39 heavy (non-hydrogen) atoms. The van der Waals surface area contributed by atoms with E-state index in [1.54, 1.807) is 0 Å². The summed E-state index contributed by atoms with van der Waals surface area (Å²) in [6.45, 7) is 13.6. The smallest absolute Gasteiger partial charge is 0.127 e. The average Bonchev–Trinajstić information content (AvgIpc) is 2.99. The van der Waals surface area contributed by atoms with E-state index >= 15 is 0 Å². The Morgan fingerprint density at radius 1 is 0.897 bits per heavy atom. The second-order valence-electron chi connectivity index (χ2n) is 9.72. The van der Waals surface area contributed by atoms with E-state index in [9.17, 15) is 4.39 Å². The first-order chi connectivity index (χ1) is 18.9. The summed E-state index contributed by atoms with van der Waals surface area (Å²) in [5.41, 5.74) is 8.38. The van der Waals surface area contributed by atoms with Crippen LogP contribution in [0, 0.1) is 12.7 Å². The van der Waals surface area contributed by atoms with E-state index < -0.39 is 0 Å². The van der Waals surface area contributed by atoms with Crippen molar-refractivity contribution in [2.45, 2.75) is 98.6 Å². The van der Waals surface area contributed by atoms with Gasteiger partial charge in [-0.05, 0) is 74.5 Å². The highest BCUT2D eigenvalue weighted by Crippen LogP contribution is 2.17. The molecule has 0 aromatic heterocycles. The third-order valence-corrected chi connectivity index (χ3v) is 6.03. The molecule has 3 N–H and O–H groups in total. The van der Waals surface area contributed by atoms with Gasteiger partial charge in [0.2, 0.25) is 0 Å². The van der Waals surface area contributed by atoms with Gasteiger partial charge in [-0.2, -0.15) is 0 Å². The van der Waals surface area contributed by atoms with E-state index in [1.165, 1.54) is 49.8 Å². The minimum absolute atomic E-state index is 0.261. The molecule has 1 aliphatic carbocycles. The molecule has 0 amide bonds. The number of aryl methyl sites for hydroxylation is 1. The van der Waals surface area contributed by atoms with Crippen LogP contribution in [0.15, 0.2) is 78.9 Å². The molecule has 4 rings (SSSR count). The Morgan fingerprint density at radius 2 is 1.44 bits per heavy atom. The monoisotopic (exact) mass is 538 g/mol. The van der Waals surface area contributed by atoms with Crippen LogP contribution in [0.4, 0.5) is 4.39 Å². The summed E-state index contributed by atoms with van der Waals surface area (Å²) >= 11 is 0. The van der Waals surface area contributed by atoms with Crippen molar-refractivity contribution in [1.29, 1.82) is 0 Å². The first-order valence-electron chi connectivity index (χ1n) is 14.8.